The van der Waals surface area contributed by atoms with E-state index in [1.165, 1.54) is 35.5 Å². The summed E-state index contributed by atoms with van der Waals surface area (Å²) in [7, 11) is -3.67. The summed E-state index contributed by atoms with van der Waals surface area (Å²) < 4.78 is 27.2. The molecule has 1 aromatic carbocycles. The molecule has 2 N–H and O–H groups in total. The lowest BCUT2D eigenvalue weighted by Crippen LogP contribution is -2.51. The van der Waals surface area contributed by atoms with Crippen molar-refractivity contribution >= 4 is 21.9 Å². The number of sulfonamides is 1. The number of carbonyl (C=O) groups is 2. The molecule has 0 saturated carbocycles. The van der Waals surface area contributed by atoms with Gasteiger partial charge < -0.3 is 10.4 Å². The predicted molar refractivity (Wildman–Crippen MR) is 97.5 cm³/mol. The summed E-state index contributed by atoms with van der Waals surface area (Å²) in [5.74, 6) is -1.74. The third-order valence-electron chi connectivity index (χ3n) is 4.87. The monoisotopic (exact) mass is 382 g/mol. The number of hydrogen-bond acceptors (Lipinski definition) is 4. The van der Waals surface area contributed by atoms with E-state index < -0.39 is 27.4 Å². The molecular weight excluding hydrogens is 356 g/mol. The van der Waals surface area contributed by atoms with Crippen molar-refractivity contribution in [1.82, 2.24) is 9.62 Å². The number of aliphatic carboxylic acids is 1. The molecule has 0 radical (unpaired) electrons. The highest BCUT2D eigenvalue weighted by atomic mass is 32.2. The van der Waals surface area contributed by atoms with Crippen LogP contribution in [0.15, 0.2) is 29.2 Å². The molecule has 1 aliphatic rings. The molecule has 144 valence electrons. The lowest BCUT2D eigenvalue weighted by Gasteiger charge is -2.25. The van der Waals surface area contributed by atoms with Crippen molar-refractivity contribution < 1.29 is 23.1 Å². The second-order valence-electron chi connectivity index (χ2n) is 6.79. The molecule has 0 aliphatic carbocycles. The molecule has 1 amide bonds. The maximum Gasteiger partial charge on any atom is 0.329 e. The van der Waals surface area contributed by atoms with Gasteiger partial charge in [-0.05, 0) is 44.4 Å². The Bertz CT molecular complexity index is 770. The predicted octanol–water partition coefficient (Wildman–Crippen LogP) is 2.23. The topological polar surface area (TPSA) is 104 Å². The molecule has 0 bridgehead atoms. The van der Waals surface area contributed by atoms with E-state index in [1.54, 1.807) is 6.92 Å². The Balaban J connectivity index is 2.26. The maximum absolute atomic E-state index is 12.9. The van der Waals surface area contributed by atoms with Crippen LogP contribution in [0.1, 0.15) is 56.3 Å². The van der Waals surface area contributed by atoms with Crippen LogP contribution in [0.3, 0.4) is 0 Å². The normalized spacial score (nSPS) is 18.5. The largest absolute Gasteiger partial charge is 0.480 e. The molecule has 1 aliphatic heterocycles. The number of nitrogens with one attached hydrogen (secondary N) is 1. The van der Waals surface area contributed by atoms with Crippen LogP contribution in [0.5, 0.6) is 0 Å². The van der Waals surface area contributed by atoms with Crippen LogP contribution < -0.4 is 5.32 Å². The van der Waals surface area contributed by atoms with Crippen molar-refractivity contribution in [2.45, 2.75) is 56.4 Å². The summed E-state index contributed by atoms with van der Waals surface area (Å²) in [6.07, 6.45) is 3.89. The Morgan fingerprint density at radius 3 is 2.35 bits per heavy atom. The zero-order valence-corrected chi connectivity index (χ0v) is 16.0. The quantitative estimate of drug-likeness (QED) is 0.785. The van der Waals surface area contributed by atoms with Gasteiger partial charge in [0.1, 0.15) is 5.54 Å². The van der Waals surface area contributed by atoms with Crippen molar-refractivity contribution in [2.75, 3.05) is 13.1 Å². The Hall–Kier alpha value is -1.93. The SMILES string of the molecule is CCC(C)(NC(=O)c1cccc(S(=O)(=O)N2CCCCCC2)c1)C(=O)O. The lowest BCUT2D eigenvalue weighted by molar-refractivity contribution is -0.143. The average molecular weight is 382 g/mol. The zero-order valence-electron chi connectivity index (χ0n) is 15.2. The summed E-state index contributed by atoms with van der Waals surface area (Å²) in [4.78, 5) is 23.9. The summed E-state index contributed by atoms with van der Waals surface area (Å²) in [5.41, 5.74) is -1.28. The second kappa shape index (κ2) is 8.18. The summed E-state index contributed by atoms with van der Waals surface area (Å²) in [6.45, 7) is 4.04. The van der Waals surface area contributed by atoms with Gasteiger partial charge in [0.2, 0.25) is 10.0 Å². The van der Waals surface area contributed by atoms with E-state index >= 15 is 0 Å². The molecule has 7 nitrogen and oxygen atoms in total. The van der Waals surface area contributed by atoms with Crippen LogP contribution in [0.25, 0.3) is 0 Å². The van der Waals surface area contributed by atoms with Crippen molar-refractivity contribution in [3.63, 3.8) is 0 Å². The van der Waals surface area contributed by atoms with Gasteiger partial charge in [-0.2, -0.15) is 4.31 Å². The Kier molecular flexibility index (Phi) is 6.41. The molecule has 1 fully saturated rings. The van der Waals surface area contributed by atoms with E-state index in [0.29, 0.717) is 13.1 Å². The number of carboxylic acid groups (broad SMARTS) is 1. The number of hydrogen-bond donors (Lipinski definition) is 2. The van der Waals surface area contributed by atoms with Gasteiger partial charge in [0.05, 0.1) is 4.90 Å². The molecule has 8 heteroatoms. The van der Waals surface area contributed by atoms with Gasteiger partial charge in [-0.1, -0.05) is 25.8 Å². The minimum Gasteiger partial charge on any atom is -0.480 e. The van der Waals surface area contributed by atoms with Crippen LogP contribution in [0.2, 0.25) is 0 Å². The third-order valence-corrected chi connectivity index (χ3v) is 6.76. The molecule has 0 aromatic heterocycles. The number of carboxylic acids is 1. The number of rotatable bonds is 6. The minimum atomic E-state index is -3.67. The van der Waals surface area contributed by atoms with E-state index in [9.17, 15) is 23.1 Å². The lowest BCUT2D eigenvalue weighted by atomic mass is 9.98. The van der Waals surface area contributed by atoms with Crippen molar-refractivity contribution in [3.8, 4) is 0 Å². The maximum atomic E-state index is 12.9. The molecule has 1 atom stereocenters. The average Bonchev–Trinajstić information content (AvgIpc) is 2.91. The minimum absolute atomic E-state index is 0.0561. The van der Waals surface area contributed by atoms with Gasteiger partial charge in [-0.15, -0.1) is 0 Å². The highest BCUT2D eigenvalue weighted by Gasteiger charge is 2.33. The van der Waals surface area contributed by atoms with E-state index in [-0.39, 0.29) is 16.9 Å². The first kappa shape index (κ1) is 20.4. The first-order chi connectivity index (χ1) is 12.2. The van der Waals surface area contributed by atoms with Gasteiger partial charge in [0.25, 0.3) is 5.91 Å². The third kappa shape index (κ3) is 4.42. The standard InChI is InChI=1S/C18H26N2O5S/c1-3-18(2,17(22)23)19-16(21)14-9-8-10-15(13-14)26(24,25)20-11-6-4-5-7-12-20/h8-10,13H,3-7,11-12H2,1-2H3,(H,19,21)(H,22,23). The summed E-state index contributed by atoms with van der Waals surface area (Å²) >= 11 is 0. The molecule has 1 unspecified atom stereocenters. The number of nitrogens with zero attached hydrogens (tertiary/aromatic N) is 1. The first-order valence-corrected chi connectivity index (χ1v) is 10.3. The van der Waals surface area contributed by atoms with Gasteiger partial charge in [-0.25, -0.2) is 13.2 Å². The Morgan fingerprint density at radius 1 is 1.19 bits per heavy atom. The number of benzene rings is 1. The first-order valence-electron chi connectivity index (χ1n) is 8.87. The highest BCUT2D eigenvalue weighted by Crippen LogP contribution is 2.21. The molecule has 2 rings (SSSR count). The fourth-order valence-corrected chi connectivity index (χ4v) is 4.41. The van der Waals surface area contributed by atoms with Crippen molar-refractivity contribution in [2.24, 2.45) is 0 Å². The molecule has 0 spiro atoms. The zero-order chi connectivity index (χ0) is 19.4. The fourth-order valence-electron chi connectivity index (χ4n) is 2.84. The van der Waals surface area contributed by atoms with E-state index in [1.807, 2.05) is 0 Å². The number of carbonyl (C=O) groups excluding carboxylic acids is 1. The molecule has 1 saturated heterocycles. The molecule has 1 aromatic rings. The Morgan fingerprint density at radius 2 is 1.81 bits per heavy atom. The van der Waals surface area contributed by atoms with E-state index in [0.717, 1.165) is 25.7 Å². The smallest absolute Gasteiger partial charge is 0.329 e. The second-order valence-corrected chi connectivity index (χ2v) is 8.73. The van der Waals surface area contributed by atoms with Crippen molar-refractivity contribution in [3.05, 3.63) is 29.8 Å². The highest BCUT2D eigenvalue weighted by molar-refractivity contribution is 7.89. The van der Waals surface area contributed by atoms with E-state index in [4.69, 9.17) is 0 Å². The van der Waals surface area contributed by atoms with Gasteiger partial charge in [0, 0.05) is 18.7 Å². The fraction of sp³-hybridized carbons (Fsp3) is 0.556. The summed E-state index contributed by atoms with van der Waals surface area (Å²) in [5, 5.41) is 11.8. The molecule has 26 heavy (non-hydrogen) atoms. The van der Waals surface area contributed by atoms with Crippen molar-refractivity contribution in [1.29, 1.82) is 0 Å². The molecule has 1 heterocycles. The van der Waals surface area contributed by atoms with Crippen LogP contribution in [0.4, 0.5) is 0 Å². The van der Waals surface area contributed by atoms with Gasteiger partial charge >= 0.3 is 5.97 Å². The Labute approximate surface area is 154 Å². The molecular formula is C18H26N2O5S. The van der Waals surface area contributed by atoms with E-state index in [2.05, 4.69) is 5.32 Å². The van der Waals surface area contributed by atoms with Gasteiger partial charge in [0.15, 0.2) is 0 Å². The van der Waals surface area contributed by atoms with Gasteiger partial charge in [-0.3, -0.25) is 4.79 Å². The van der Waals surface area contributed by atoms with Crippen LogP contribution in [-0.4, -0.2) is 48.3 Å². The van der Waals surface area contributed by atoms with Crippen LogP contribution in [-0.2, 0) is 14.8 Å². The number of amides is 1. The van der Waals surface area contributed by atoms with Crippen LogP contribution in [0, 0.1) is 0 Å². The summed E-state index contributed by atoms with van der Waals surface area (Å²) in [6, 6.07) is 5.76. The van der Waals surface area contributed by atoms with Crippen LogP contribution >= 0.6 is 0 Å².